The van der Waals surface area contributed by atoms with Crippen molar-refractivity contribution in [2.45, 2.75) is 38.4 Å². The molecule has 1 fully saturated rings. The van der Waals surface area contributed by atoms with Crippen LogP contribution < -0.4 is 4.90 Å². The molecular formula is C18H17F3N4O. The van der Waals surface area contributed by atoms with Crippen LogP contribution in [0.5, 0.6) is 0 Å². The van der Waals surface area contributed by atoms with Gasteiger partial charge in [0.25, 0.3) is 5.71 Å². The minimum atomic E-state index is -4.34. The molecule has 26 heavy (non-hydrogen) atoms. The molecule has 5 nitrogen and oxygen atoms in total. The van der Waals surface area contributed by atoms with Gasteiger partial charge in [0, 0.05) is 6.54 Å². The van der Waals surface area contributed by atoms with Gasteiger partial charge in [0.15, 0.2) is 0 Å². The first-order chi connectivity index (χ1) is 12.3. The molecule has 3 heterocycles. The fourth-order valence-corrected chi connectivity index (χ4v) is 3.73. The maximum Gasteiger partial charge on any atom is 0.416 e. The average Bonchev–Trinajstić information content (AvgIpc) is 3.19. The summed E-state index contributed by atoms with van der Waals surface area (Å²) >= 11 is 0. The quantitative estimate of drug-likeness (QED) is 0.674. The molecule has 1 aliphatic heterocycles. The first-order valence-corrected chi connectivity index (χ1v) is 8.33. The normalized spacial score (nSPS) is 20.9. The lowest BCUT2D eigenvalue weighted by Gasteiger charge is -2.37. The first kappa shape index (κ1) is 16.8. The van der Waals surface area contributed by atoms with Crippen LogP contribution in [0.2, 0.25) is 0 Å². The van der Waals surface area contributed by atoms with E-state index < -0.39 is 17.3 Å². The lowest BCUT2D eigenvalue weighted by molar-refractivity contribution is -0.137. The van der Waals surface area contributed by atoms with Crippen molar-refractivity contribution < 1.29 is 17.7 Å². The number of hydrogen-bond donors (Lipinski definition) is 0. The van der Waals surface area contributed by atoms with E-state index in [4.69, 9.17) is 4.52 Å². The molecule has 1 atom stereocenters. The van der Waals surface area contributed by atoms with Gasteiger partial charge in [0.2, 0.25) is 0 Å². The van der Waals surface area contributed by atoms with E-state index in [0.29, 0.717) is 17.2 Å². The molecule has 0 saturated carbocycles. The Kier molecular flexibility index (Phi) is 3.68. The van der Waals surface area contributed by atoms with E-state index in [2.05, 4.69) is 20.0 Å². The molecule has 2 aromatic heterocycles. The van der Waals surface area contributed by atoms with Crippen LogP contribution in [0.4, 0.5) is 19.0 Å². The number of benzene rings is 1. The molecule has 0 bridgehead atoms. The molecule has 1 aliphatic rings. The van der Waals surface area contributed by atoms with E-state index in [1.165, 1.54) is 6.33 Å². The first-order valence-electron chi connectivity index (χ1n) is 8.33. The predicted octanol–water partition coefficient (Wildman–Crippen LogP) is 4.46. The summed E-state index contributed by atoms with van der Waals surface area (Å²) < 4.78 is 43.8. The molecular weight excluding hydrogens is 345 g/mol. The minimum absolute atomic E-state index is 0.411. The van der Waals surface area contributed by atoms with E-state index in [0.717, 1.165) is 42.5 Å². The van der Waals surface area contributed by atoms with E-state index in [1.54, 1.807) is 12.1 Å². The van der Waals surface area contributed by atoms with Crippen LogP contribution in [0.15, 0.2) is 35.1 Å². The number of aryl methyl sites for hydroxylation is 1. The summed E-state index contributed by atoms with van der Waals surface area (Å²) in [4.78, 5) is 10.7. The van der Waals surface area contributed by atoms with Crippen molar-refractivity contribution in [3.8, 4) is 0 Å². The third-order valence-electron chi connectivity index (χ3n) is 5.15. The number of anilines is 1. The zero-order valence-electron chi connectivity index (χ0n) is 14.3. The van der Waals surface area contributed by atoms with Crippen LogP contribution in [-0.2, 0) is 11.7 Å². The second-order valence-electron chi connectivity index (χ2n) is 6.75. The number of halogens is 3. The van der Waals surface area contributed by atoms with Gasteiger partial charge in [-0.25, -0.2) is 4.98 Å². The van der Waals surface area contributed by atoms with Gasteiger partial charge in [0.05, 0.1) is 16.8 Å². The highest BCUT2D eigenvalue weighted by Crippen LogP contribution is 2.43. The molecule has 1 aromatic carbocycles. The third-order valence-corrected chi connectivity index (χ3v) is 5.15. The second kappa shape index (κ2) is 5.69. The summed E-state index contributed by atoms with van der Waals surface area (Å²) in [5.74, 6) is 0.702. The van der Waals surface area contributed by atoms with E-state index >= 15 is 0 Å². The molecule has 1 unspecified atom stereocenters. The average molecular weight is 362 g/mol. The van der Waals surface area contributed by atoms with Crippen molar-refractivity contribution in [2.75, 3.05) is 11.4 Å². The Morgan fingerprint density at radius 2 is 1.88 bits per heavy atom. The summed E-state index contributed by atoms with van der Waals surface area (Å²) in [5.41, 5.74) is 0.818. The van der Waals surface area contributed by atoms with Crippen molar-refractivity contribution in [3.63, 3.8) is 0 Å². The van der Waals surface area contributed by atoms with Gasteiger partial charge < -0.3 is 9.42 Å². The van der Waals surface area contributed by atoms with E-state index in [1.807, 2.05) is 13.8 Å². The van der Waals surface area contributed by atoms with Crippen LogP contribution in [0.25, 0.3) is 11.1 Å². The van der Waals surface area contributed by atoms with Crippen LogP contribution in [0.3, 0.4) is 0 Å². The predicted molar refractivity (Wildman–Crippen MR) is 89.7 cm³/mol. The Hall–Kier alpha value is -2.64. The van der Waals surface area contributed by atoms with Gasteiger partial charge in [-0.3, -0.25) is 0 Å². The largest absolute Gasteiger partial charge is 0.416 e. The van der Waals surface area contributed by atoms with Gasteiger partial charge in [-0.2, -0.15) is 18.2 Å². The lowest BCUT2D eigenvalue weighted by atomic mass is 9.88. The molecule has 4 rings (SSSR count). The zero-order chi connectivity index (χ0) is 18.5. The van der Waals surface area contributed by atoms with Gasteiger partial charge >= 0.3 is 6.18 Å². The molecule has 136 valence electrons. The number of nitrogens with zero attached hydrogens (tertiary/aromatic N) is 4. The van der Waals surface area contributed by atoms with Gasteiger partial charge in [-0.1, -0.05) is 17.3 Å². The highest BCUT2D eigenvalue weighted by atomic mass is 19.4. The molecule has 0 radical (unpaired) electrons. The van der Waals surface area contributed by atoms with Crippen molar-refractivity contribution in [1.82, 2.24) is 15.1 Å². The summed E-state index contributed by atoms with van der Waals surface area (Å²) in [7, 11) is 0. The number of hydrogen-bond acceptors (Lipinski definition) is 5. The van der Waals surface area contributed by atoms with Gasteiger partial charge in [-0.05, 0) is 44.4 Å². The third kappa shape index (κ3) is 2.51. The fourth-order valence-electron chi connectivity index (χ4n) is 3.73. The SMILES string of the molecule is Cc1noc2ncnc(N3CCCC3(C)c3ccc(C(F)(F)F)cc3)c12. The van der Waals surface area contributed by atoms with Crippen molar-refractivity contribution in [3.05, 3.63) is 47.4 Å². The fraction of sp³-hybridized carbons (Fsp3) is 0.389. The summed E-state index contributed by atoms with van der Waals surface area (Å²) in [6.07, 6.45) is -1.19. The number of alkyl halides is 3. The Labute approximate surface area is 147 Å². The molecule has 1 saturated heterocycles. The molecule has 0 spiro atoms. The summed E-state index contributed by atoms with van der Waals surface area (Å²) in [6, 6.07) is 5.38. The van der Waals surface area contributed by atoms with Crippen LogP contribution in [0.1, 0.15) is 36.6 Å². The topological polar surface area (TPSA) is 55.1 Å². The minimum Gasteiger partial charge on any atom is -0.346 e. The molecule has 0 amide bonds. The Bertz CT molecular complexity index is 951. The maximum absolute atomic E-state index is 12.9. The van der Waals surface area contributed by atoms with Crippen molar-refractivity contribution >= 4 is 16.9 Å². The number of fused-ring (bicyclic) bond motifs is 1. The Balaban J connectivity index is 1.79. The second-order valence-corrected chi connectivity index (χ2v) is 6.75. The Morgan fingerprint density at radius 1 is 1.15 bits per heavy atom. The monoisotopic (exact) mass is 362 g/mol. The molecule has 0 aliphatic carbocycles. The van der Waals surface area contributed by atoms with Crippen LogP contribution >= 0.6 is 0 Å². The smallest absolute Gasteiger partial charge is 0.346 e. The summed E-state index contributed by atoms with van der Waals surface area (Å²) in [6.45, 7) is 4.60. The number of aromatic nitrogens is 3. The summed E-state index contributed by atoms with van der Waals surface area (Å²) in [5, 5.41) is 4.70. The molecule has 0 N–H and O–H groups in total. The highest BCUT2D eigenvalue weighted by molar-refractivity contribution is 5.88. The number of rotatable bonds is 2. The van der Waals surface area contributed by atoms with Crippen LogP contribution in [0, 0.1) is 6.92 Å². The standard InChI is InChI=1S/C18H17F3N4O/c1-11-14-15(22-10-23-16(14)26-24-11)25-9-3-8-17(25,2)12-4-6-13(7-5-12)18(19,20)21/h4-7,10H,3,8-9H2,1-2H3. The van der Waals surface area contributed by atoms with Crippen LogP contribution in [-0.4, -0.2) is 21.7 Å². The van der Waals surface area contributed by atoms with E-state index in [9.17, 15) is 13.2 Å². The molecule has 8 heteroatoms. The molecule has 3 aromatic rings. The zero-order valence-corrected chi connectivity index (χ0v) is 14.3. The van der Waals surface area contributed by atoms with E-state index in [-0.39, 0.29) is 0 Å². The van der Waals surface area contributed by atoms with Crippen molar-refractivity contribution in [2.24, 2.45) is 0 Å². The van der Waals surface area contributed by atoms with Crippen molar-refractivity contribution in [1.29, 1.82) is 0 Å². The van der Waals surface area contributed by atoms with Gasteiger partial charge in [-0.15, -0.1) is 0 Å². The highest BCUT2D eigenvalue weighted by Gasteiger charge is 2.41. The Morgan fingerprint density at radius 3 is 2.58 bits per heavy atom. The van der Waals surface area contributed by atoms with Gasteiger partial charge in [0.1, 0.15) is 17.5 Å². The lowest BCUT2D eigenvalue weighted by Crippen LogP contribution is -2.39. The maximum atomic E-state index is 12.9.